The first kappa shape index (κ1) is 20.7. The average molecular weight is 418 g/mol. The van der Waals surface area contributed by atoms with Gasteiger partial charge in [0.1, 0.15) is 0 Å². The highest BCUT2D eigenvalue weighted by Gasteiger charge is 2.31. The van der Waals surface area contributed by atoms with Gasteiger partial charge < -0.3 is 4.52 Å². The summed E-state index contributed by atoms with van der Waals surface area (Å²) in [4.78, 5) is 6.26. The molecule has 0 radical (unpaired) electrons. The van der Waals surface area contributed by atoms with Crippen LogP contribution in [0.1, 0.15) is 30.7 Å². The number of alkyl halides is 3. The molecule has 1 atom stereocenters. The van der Waals surface area contributed by atoms with E-state index in [1.54, 1.807) is 0 Å². The van der Waals surface area contributed by atoms with Crippen LogP contribution in [-0.4, -0.2) is 48.8 Å². The van der Waals surface area contributed by atoms with Crippen molar-refractivity contribution in [3.8, 4) is 11.4 Å². The van der Waals surface area contributed by atoms with Gasteiger partial charge >= 0.3 is 6.18 Å². The molecule has 1 fully saturated rings. The SMILES string of the molecule is CS(=O)(=O)NC[C@@H]1CCCCN1Cc1nc(-c2cccc(C(F)(F)F)c2)no1. The maximum absolute atomic E-state index is 12.9. The average Bonchev–Trinajstić information content (AvgIpc) is 3.08. The first-order valence-corrected chi connectivity index (χ1v) is 10.7. The quantitative estimate of drug-likeness (QED) is 0.776. The van der Waals surface area contributed by atoms with Crippen molar-refractivity contribution in [1.82, 2.24) is 19.8 Å². The zero-order valence-corrected chi connectivity index (χ0v) is 16.1. The lowest BCUT2D eigenvalue weighted by atomic mass is 10.0. The van der Waals surface area contributed by atoms with Gasteiger partial charge in [-0.2, -0.15) is 18.2 Å². The summed E-state index contributed by atoms with van der Waals surface area (Å²) >= 11 is 0. The van der Waals surface area contributed by atoms with Crippen molar-refractivity contribution in [3.63, 3.8) is 0 Å². The monoisotopic (exact) mass is 418 g/mol. The standard InChI is InChI=1S/C17H21F3N4O3S/c1-28(25,26)21-10-14-7-2-3-8-24(14)11-15-22-16(23-27-15)12-5-4-6-13(9-12)17(18,19)20/h4-6,9,14,21H,2-3,7-8,10-11H2,1H3/t14-/m0/s1. The van der Waals surface area contributed by atoms with Crippen molar-refractivity contribution in [3.05, 3.63) is 35.7 Å². The first-order valence-electron chi connectivity index (χ1n) is 8.81. The van der Waals surface area contributed by atoms with Gasteiger partial charge in [0.2, 0.25) is 21.7 Å². The molecule has 11 heteroatoms. The van der Waals surface area contributed by atoms with Crippen LogP contribution in [0, 0.1) is 0 Å². The number of benzene rings is 1. The number of likely N-dealkylation sites (tertiary alicyclic amines) is 1. The lowest BCUT2D eigenvalue weighted by Gasteiger charge is -2.34. The molecule has 3 rings (SSSR count). The molecule has 1 aliphatic rings. The Morgan fingerprint density at radius 1 is 1.32 bits per heavy atom. The molecule has 1 saturated heterocycles. The van der Waals surface area contributed by atoms with Crippen LogP contribution in [0.4, 0.5) is 13.2 Å². The molecule has 1 N–H and O–H groups in total. The van der Waals surface area contributed by atoms with Gasteiger partial charge in [0, 0.05) is 18.2 Å². The molecule has 1 aliphatic heterocycles. The molecule has 1 aromatic carbocycles. The Balaban J connectivity index is 1.71. The lowest BCUT2D eigenvalue weighted by Crippen LogP contribution is -2.46. The molecule has 0 bridgehead atoms. The highest BCUT2D eigenvalue weighted by molar-refractivity contribution is 7.88. The minimum Gasteiger partial charge on any atom is -0.338 e. The van der Waals surface area contributed by atoms with Crippen LogP contribution >= 0.6 is 0 Å². The van der Waals surface area contributed by atoms with Crippen LogP contribution in [0.2, 0.25) is 0 Å². The number of nitrogens with one attached hydrogen (secondary N) is 1. The van der Waals surface area contributed by atoms with E-state index < -0.39 is 21.8 Å². The van der Waals surface area contributed by atoms with Crippen LogP contribution in [0.15, 0.2) is 28.8 Å². The topological polar surface area (TPSA) is 88.3 Å². The summed E-state index contributed by atoms with van der Waals surface area (Å²) in [5.41, 5.74) is -0.557. The lowest BCUT2D eigenvalue weighted by molar-refractivity contribution is -0.137. The Morgan fingerprint density at radius 2 is 2.11 bits per heavy atom. The summed E-state index contributed by atoms with van der Waals surface area (Å²) in [6.07, 6.45) is -0.553. The zero-order chi connectivity index (χ0) is 20.4. The van der Waals surface area contributed by atoms with Gasteiger partial charge in [0.15, 0.2) is 0 Å². The smallest absolute Gasteiger partial charge is 0.338 e. The van der Waals surface area contributed by atoms with E-state index in [2.05, 4.69) is 14.9 Å². The highest BCUT2D eigenvalue weighted by Crippen LogP contribution is 2.31. The largest absolute Gasteiger partial charge is 0.416 e. The predicted octanol–water partition coefficient (Wildman–Crippen LogP) is 2.66. The van der Waals surface area contributed by atoms with Gasteiger partial charge in [-0.1, -0.05) is 23.7 Å². The fourth-order valence-electron chi connectivity index (χ4n) is 3.19. The second kappa shape index (κ2) is 8.18. The third-order valence-corrected chi connectivity index (χ3v) is 5.28. The number of hydrogen-bond acceptors (Lipinski definition) is 6. The number of halogens is 3. The molecule has 1 aromatic heterocycles. The van der Waals surface area contributed by atoms with Gasteiger partial charge in [0.25, 0.3) is 0 Å². The number of aromatic nitrogens is 2. The predicted molar refractivity (Wildman–Crippen MR) is 95.6 cm³/mol. The van der Waals surface area contributed by atoms with Crippen molar-refractivity contribution >= 4 is 10.0 Å². The summed E-state index contributed by atoms with van der Waals surface area (Å²) < 4.78 is 69.1. The van der Waals surface area contributed by atoms with Gasteiger partial charge in [0.05, 0.1) is 18.4 Å². The van der Waals surface area contributed by atoms with E-state index in [1.165, 1.54) is 12.1 Å². The van der Waals surface area contributed by atoms with Crippen molar-refractivity contribution < 1.29 is 26.1 Å². The Hall–Kier alpha value is -1.98. The summed E-state index contributed by atoms with van der Waals surface area (Å²) in [6.45, 7) is 1.34. The van der Waals surface area contributed by atoms with Crippen LogP contribution < -0.4 is 4.72 Å². The van der Waals surface area contributed by atoms with Crippen molar-refractivity contribution in [2.75, 3.05) is 19.3 Å². The number of nitrogens with zero attached hydrogens (tertiary/aromatic N) is 3. The normalized spacial score (nSPS) is 19.1. The molecule has 0 amide bonds. The number of piperidine rings is 1. The second-order valence-corrected chi connectivity index (χ2v) is 8.66. The van der Waals surface area contributed by atoms with Crippen molar-refractivity contribution in [2.24, 2.45) is 0 Å². The van der Waals surface area contributed by atoms with E-state index in [4.69, 9.17) is 4.52 Å². The van der Waals surface area contributed by atoms with Crippen LogP contribution in [0.5, 0.6) is 0 Å². The van der Waals surface area contributed by atoms with Gasteiger partial charge in [-0.15, -0.1) is 0 Å². The molecule has 2 heterocycles. The third-order valence-electron chi connectivity index (χ3n) is 4.58. The minimum absolute atomic E-state index is 0.00705. The van der Waals surface area contributed by atoms with E-state index in [1.807, 2.05) is 4.90 Å². The minimum atomic E-state index is -4.45. The Labute approximate surface area is 161 Å². The summed E-state index contributed by atoms with van der Waals surface area (Å²) in [5.74, 6) is 0.364. The van der Waals surface area contributed by atoms with E-state index in [-0.39, 0.29) is 29.9 Å². The van der Waals surface area contributed by atoms with Crippen LogP contribution in [0.25, 0.3) is 11.4 Å². The number of sulfonamides is 1. The molecule has 0 spiro atoms. The molecule has 2 aromatic rings. The van der Waals surface area contributed by atoms with E-state index in [9.17, 15) is 21.6 Å². The van der Waals surface area contributed by atoms with Gasteiger partial charge in [-0.25, -0.2) is 13.1 Å². The van der Waals surface area contributed by atoms with E-state index in [0.29, 0.717) is 6.54 Å². The van der Waals surface area contributed by atoms with E-state index in [0.717, 1.165) is 44.2 Å². The molecule has 0 saturated carbocycles. The molecular formula is C17H21F3N4O3S. The molecule has 28 heavy (non-hydrogen) atoms. The fraction of sp³-hybridized carbons (Fsp3) is 0.529. The molecular weight excluding hydrogens is 397 g/mol. The summed E-state index contributed by atoms with van der Waals surface area (Å²) in [5, 5.41) is 3.79. The Kier molecular flexibility index (Phi) is 6.06. The molecule has 0 aliphatic carbocycles. The van der Waals surface area contributed by atoms with Crippen LogP contribution in [-0.2, 0) is 22.7 Å². The van der Waals surface area contributed by atoms with Crippen LogP contribution in [0.3, 0.4) is 0 Å². The second-order valence-electron chi connectivity index (χ2n) is 6.83. The van der Waals surface area contributed by atoms with Gasteiger partial charge in [-0.3, -0.25) is 4.90 Å². The van der Waals surface area contributed by atoms with Crippen molar-refractivity contribution in [1.29, 1.82) is 0 Å². The van der Waals surface area contributed by atoms with E-state index >= 15 is 0 Å². The Bertz CT molecular complexity index is 914. The highest BCUT2D eigenvalue weighted by atomic mass is 32.2. The maximum atomic E-state index is 12.9. The molecule has 154 valence electrons. The molecule has 7 nitrogen and oxygen atoms in total. The summed E-state index contributed by atoms with van der Waals surface area (Å²) in [7, 11) is -3.29. The zero-order valence-electron chi connectivity index (χ0n) is 15.2. The third kappa shape index (κ3) is 5.52. The number of rotatable bonds is 6. The maximum Gasteiger partial charge on any atom is 0.416 e. The summed E-state index contributed by atoms with van der Waals surface area (Å²) in [6, 6.07) is 4.74. The number of hydrogen-bond donors (Lipinski definition) is 1. The van der Waals surface area contributed by atoms with Gasteiger partial charge in [-0.05, 0) is 31.5 Å². The Morgan fingerprint density at radius 3 is 2.82 bits per heavy atom. The first-order chi connectivity index (χ1) is 13.1. The molecule has 0 unspecified atom stereocenters. The van der Waals surface area contributed by atoms with Crippen molar-refractivity contribution in [2.45, 2.75) is 38.0 Å². The fourth-order valence-corrected chi connectivity index (χ4v) is 3.69.